The predicted octanol–water partition coefficient (Wildman–Crippen LogP) is 3.46. The molecule has 1 N–H and O–H groups in total. The van der Waals surface area contributed by atoms with Gasteiger partial charge >= 0.3 is 0 Å². The number of hydrogen-bond acceptors (Lipinski definition) is 4. The number of thiazole rings is 1. The Balaban J connectivity index is 0.00000288. The molecular weight excluding hydrogens is 435 g/mol. The lowest BCUT2D eigenvalue weighted by molar-refractivity contribution is 0.317. The van der Waals surface area contributed by atoms with Crippen LogP contribution in [0.1, 0.15) is 16.3 Å². The minimum Gasteiger partial charge on any atom is -0.491 e. The van der Waals surface area contributed by atoms with Crippen LogP contribution in [0.3, 0.4) is 0 Å². The molecule has 2 rings (SSSR count). The van der Waals surface area contributed by atoms with Crippen LogP contribution in [0.5, 0.6) is 5.75 Å². The van der Waals surface area contributed by atoms with Gasteiger partial charge in [0.2, 0.25) is 0 Å². The molecule has 5 nitrogen and oxygen atoms in total. The molecular formula is C17H25IN4OS. The number of guanidine groups is 1. The van der Waals surface area contributed by atoms with Crippen molar-refractivity contribution >= 4 is 41.3 Å². The van der Waals surface area contributed by atoms with E-state index in [-0.39, 0.29) is 24.0 Å². The molecule has 0 aliphatic heterocycles. The van der Waals surface area contributed by atoms with Crippen LogP contribution in [0.15, 0.2) is 34.6 Å². The van der Waals surface area contributed by atoms with Gasteiger partial charge in [-0.1, -0.05) is 18.2 Å². The Morgan fingerprint density at radius 3 is 2.71 bits per heavy atom. The molecule has 0 atom stereocenters. The molecule has 1 heterocycles. The number of aliphatic imine (C=N–C) groups is 1. The van der Waals surface area contributed by atoms with Crippen LogP contribution < -0.4 is 10.1 Å². The van der Waals surface area contributed by atoms with Gasteiger partial charge in [0.05, 0.1) is 23.8 Å². The summed E-state index contributed by atoms with van der Waals surface area (Å²) < 4.78 is 5.79. The highest BCUT2D eigenvalue weighted by atomic mass is 127. The van der Waals surface area contributed by atoms with Crippen LogP contribution in [0, 0.1) is 13.8 Å². The van der Waals surface area contributed by atoms with E-state index in [0.29, 0.717) is 13.2 Å². The topological polar surface area (TPSA) is 49.8 Å². The third-order valence-electron chi connectivity index (χ3n) is 3.38. The Labute approximate surface area is 165 Å². The largest absolute Gasteiger partial charge is 0.491 e. The number of para-hydroxylation sites is 1. The molecule has 2 aromatic rings. The van der Waals surface area contributed by atoms with Crippen molar-refractivity contribution in [1.82, 2.24) is 15.2 Å². The average molecular weight is 460 g/mol. The lowest BCUT2D eigenvalue weighted by atomic mass is 10.2. The fourth-order valence-electron chi connectivity index (χ4n) is 2.23. The number of aromatic nitrogens is 1. The molecule has 0 aliphatic carbocycles. The van der Waals surface area contributed by atoms with Gasteiger partial charge in [-0.05, 0) is 25.5 Å². The second kappa shape index (κ2) is 10.5. The van der Waals surface area contributed by atoms with E-state index < -0.39 is 0 Å². The van der Waals surface area contributed by atoms with Gasteiger partial charge in [0.1, 0.15) is 12.4 Å². The minimum absolute atomic E-state index is 0. The van der Waals surface area contributed by atoms with E-state index in [1.54, 1.807) is 18.4 Å². The minimum atomic E-state index is 0. The highest BCUT2D eigenvalue weighted by molar-refractivity contribution is 14.0. The molecule has 0 saturated carbocycles. The maximum Gasteiger partial charge on any atom is 0.193 e. The van der Waals surface area contributed by atoms with E-state index >= 15 is 0 Å². The van der Waals surface area contributed by atoms with Crippen LogP contribution in [-0.4, -0.2) is 43.1 Å². The quantitative estimate of drug-likeness (QED) is 0.311. The predicted molar refractivity (Wildman–Crippen MR) is 112 cm³/mol. The SMILES string of the molecule is CN=C(NCCOc1ccccc1C)N(C)Cc1csc(C)n1.I. The van der Waals surface area contributed by atoms with Crippen molar-refractivity contribution in [3.8, 4) is 5.75 Å². The van der Waals surface area contributed by atoms with Crippen molar-refractivity contribution in [3.63, 3.8) is 0 Å². The first-order valence-corrected chi connectivity index (χ1v) is 8.49. The zero-order valence-corrected chi connectivity index (χ0v) is 17.7. The summed E-state index contributed by atoms with van der Waals surface area (Å²) in [7, 11) is 3.79. The van der Waals surface area contributed by atoms with Gasteiger partial charge in [0.25, 0.3) is 0 Å². The molecule has 0 amide bonds. The summed E-state index contributed by atoms with van der Waals surface area (Å²) in [5, 5.41) is 6.48. The number of halogens is 1. The second-order valence-corrected chi connectivity index (χ2v) is 6.36. The van der Waals surface area contributed by atoms with Gasteiger partial charge in [-0.3, -0.25) is 4.99 Å². The number of nitrogens with one attached hydrogen (secondary N) is 1. The Bertz CT molecular complexity index is 660. The van der Waals surface area contributed by atoms with Gasteiger partial charge < -0.3 is 15.0 Å². The van der Waals surface area contributed by atoms with Crippen LogP contribution >= 0.6 is 35.3 Å². The van der Waals surface area contributed by atoms with Crippen LogP contribution in [0.2, 0.25) is 0 Å². The molecule has 24 heavy (non-hydrogen) atoms. The summed E-state index contributed by atoms with van der Waals surface area (Å²) in [6.07, 6.45) is 0. The summed E-state index contributed by atoms with van der Waals surface area (Å²) in [6, 6.07) is 8.03. The lowest BCUT2D eigenvalue weighted by Gasteiger charge is -2.21. The van der Waals surface area contributed by atoms with Gasteiger partial charge in [-0.25, -0.2) is 4.98 Å². The van der Waals surface area contributed by atoms with Crippen molar-refractivity contribution in [2.45, 2.75) is 20.4 Å². The summed E-state index contributed by atoms with van der Waals surface area (Å²) in [6.45, 7) is 6.09. The van der Waals surface area contributed by atoms with Gasteiger partial charge in [0.15, 0.2) is 5.96 Å². The number of rotatable bonds is 6. The first kappa shape index (κ1) is 20.7. The summed E-state index contributed by atoms with van der Waals surface area (Å²) in [5.41, 5.74) is 2.21. The second-order valence-electron chi connectivity index (χ2n) is 5.30. The maximum atomic E-state index is 5.79. The van der Waals surface area contributed by atoms with Crippen LogP contribution in [0.25, 0.3) is 0 Å². The van der Waals surface area contributed by atoms with Crippen LogP contribution in [-0.2, 0) is 6.54 Å². The average Bonchev–Trinajstić information content (AvgIpc) is 2.94. The zero-order valence-electron chi connectivity index (χ0n) is 14.6. The zero-order chi connectivity index (χ0) is 16.7. The Morgan fingerprint density at radius 2 is 2.08 bits per heavy atom. The van der Waals surface area contributed by atoms with Gasteiger partial charge in [0, 0.05) is 19.5 Å². The molecule has 7 heteroatoms. The molecule has 0 fully saturated rings. The van der Waals surface area contributed by atoms with E-state index in [0.717, 1.165) is 34.5 Å². The molecule has 132 valence electrons. The molecule has 0 spiro atoms. The van der Waals surface area contributed by atoms with Crippen molar-refractivity contribution < 1.29 is 4.74 Å². The first-order valence-electron chi connectivity index (χ1n) is 7.61. The molecule has 1 aromatic heterocycles. The van der Waals surface area contributed by atoms with Gasteiger partial charge in [-0.2, -0.15) is 0 Å². The molecule has 0 bridgehead atoms. The highest BCUT2D eigenvalue weighted by Gasteiger charge is 2.08. The number of aryl methyl sites for hydroxylation is 2. The monoisotopic (exact) mass is 460 g/mol. The van der Waals surface area contributed by atoms with Crippen molar-refractivity contribution in [3.05, 3.63) is 45.9 Å². The van der Waals surface area contributed by atoms with Crippen molar-refractivity contribution in [2.75, 3.05) is 27.2 Å². The third kappa shape index (κ3) is 6.27. The first-order chi connectivity index (χ1) is 11.1. The van der Waals surface area contributed by atoms with E-state index in [2.05, 4.69) is 25.6 Å². The van der Waals surface area contributed by atoms with Crippen molar-refractivity contribution in [1.29, 1.82) is 0 Å². The van der Waals surface area contributed by atoms with E-state index in [1.807, 2.05) is 45.2 Å². The molecule has 0 saturated heterocycles. The van der Waals surface area contributed by atoms with Crippen LogP contribution in [0.4, 0.5) is 0 Å². The number of nitrogens with zero attached hydrogens (tertiary/aromatic N) is 3. The smallest absolute Gasteiger partial charge is 0.193 e. The Morgan fingerprint density at radius 1 is 1.33 bits per heavy atom. The van der Waals surface area contributed by atoms with Crippen molar-refractivity contribution in [2.24, 2.45) is 4.99 Å². The number of ether oxygens (including phenoxy) is 1. The fourth-order valence-corrected chi connectivity index (χ4v) is 2.83. The van der Waals surface area contributed by atoms with E-state index in [4.69, 9.17) is 4.74 Å². The molecule has 0 aliphatic rings. The molecule has 1 aromatic carbocycles. The molecule has 0 unspecified atom stereocenters. The lowest BCUT2D eigenvalue weighted by Crippen LogP contribution is -2.40. The highest BCUT2D eigenvalue weighted by Crippen LogP contribution is 2.15. The standard InChI is InChI=1S/C17H24N4OS.HI/c1-13-7-5-6-8-16(13)22-10-9-19-17(18-3)21(4)11-15-12-23-14(2)20-15;/h5-8,12H,9-11H2,1-4H3,(H,18,19);1H. The summed E-state index contributed by atoms with van der Waals surface area (Å²) in [5.74, 6) is 1.76. The van der Waals surface area contributed by atoms with Gasteiger partial charge in [-0.15, -0.1) is 35.3 Å². The fraction of sp³-hybridized carbons (Fsp3) is 0.412. The van der Waals surface area contributed by atoms with E-state index in [1.165, 1.54) is 0 Å². The third-order valence-corrected chi connectivity index (χ3v) is 4.20. The maximum absolute atomic E-state index is 5.79. The Kier molecular flexibility index (Phi) is 9.05. The number of hydrogen-bond donors (Lipinski definition) is 1. The number of benzene rings is 1. The molecule has 0 radical (unpaired) electrons. The summed E-state index contributed by atoms with van der Waals surface area (Å²) in [4.78, 5) is 10.8. The summed E-state index contributed by atoms with van der Waals surface area (Å²) >= 11 is 1.67. The van der Waals surface area contributed by atoms with E-state index in [9.17, 15) is 0 Å². The normalized spacial score (nSPS) is 10.9. The Hall–Kier alpha value is -1.35.